The average Bonchev–Trinajstić information content (AvgIpc) is 3.11. The van der Waals surface area contributed by atoms with Gasteiger partial charge in [0.05, 0.1) is 12.0 Å². The predicted octanol–water partition coefficient (Wildman–Crippen LogP) is 3.59. The van der Waals surface area contributed by atoms with Gasteiger partial charge in [-0.3, -0.25) is 9.69 Å². The largest absolute Gasteiger partial charge is 0.297 e. The van der Waals surface area contributed by atoms with Crippen molar-refractivity contribution in [3.8, 4) is 0 Å². The lowest BCUT2D eigenvalue weighted by molar-refractivity contribution is -0.125. The van der Waals surface area contributed by atoms with Gasteiger partial charge in [-0.1, -0.05) is 43.2 Å². The predicted molar refractivity (Wildman–Crippen MR) is 84.5 cm³/mol. The van der Waals surface area contributed by atoms with Crippen LogP contribution in [0.2, 0.25) is 0 Å². The molecule has 0 N–H and O–H groups in total. The summed E-state index contributed by atoms with van der Waals surface area (Å²) in [5, 5.41) is 0. The summed E-state index contributed by atoms with van der Waals surface area (Å²) in [7, 11) is 0. The molecule has 1 aliphatic heterocycles. The summed E-state index contributed by atoms with van der Waals surface area (Å²) in [6.07, 6.45) is 6.99. The number of carbonyl (C=O) groups excluding carboxylic acids is 1. The Balaban J connectivity index is 0.00000147. The lowest BCUT2D eigenvalue weighted by Crippen LogP contribution is -2.40. The zero-order valence-electron chi connectivity index (χ0n) is 12.0. The monoisotopic (exact) mass is 293 g/mol. The van der Waals surface area contributed by atoms with E-state index in [4.69, 9.17) is 0 Å². The first-order valence-corrected chi connectivity index (χ1v) is 7.62. The number of nitrogens with zero attached hydrogens (tertiary/aromatic N) is 1. The molecule has 0 unspecified atom stereocenters. The Kier molecular flexibility index (Phi) is 5.22. The highest BCUT2D eigenvalue weighted by Crippen LogP contribution is 2.42. The summed E-state index contributed by atoms with van der Waals surface area (Å²) in [5.74, 6) is 0.457. The lowest BCUT2D eigenvalue weighted by Gasteiger charge is -2.30. The van der Waals surface area contributed by atoms with Crippen LogP contribution in [0.4, 0.5) is 0 Å². The molecule has 1 saturated heterocycles. The third kappa shape index (κ3) is 2.91. The van der Waals surface area contributed by atoms with Crippen LogP contribution >= 0.6 is 12.4 Å². The Morgan fingerprint density at radius 2 is 1.60 bits per heavy atom. The second-order valence-corrected chi connectivity index (χ2v) is 6.06. The van der Waals surface area contributed by atoms with Crippen LogP contribution < -0.4 is 0 Å². The van der Waals surface area contributed by atoms with Crippen molar-refractivity contribution in [2.75, 3.05) is 19.6 Å². The Labute approximate surface area is 128 Å². The van der Waals surface area contributed by atoms with E-state index in [1.54, 1.807) is 0 Å². The van der Waals surface area contributed by atoms with E-state index in [-0.39, 0.29) is 17.8 Å². The highest BCUT2D eigenvalue weighted by Gasteiger charge is 2.42. The summed E-state index contributed by atoms with van der Waals surface area (Å²) in [6, 6.07) is 10.5. The van der Waals surface area contributed by atoms with E-state index in [1.165, 1.54) is 31.2 Å². The Bertz CT molecular complexity index is 434. The Morgan fingerprint density at radius 1 is 1.00 bits per heavy atom. The molecular formula is C17H24ClNO. The first kappa shape index (κ1) is 15.5. The van der Waals surface area contributed by atoms with Crippen LogP contribution in [-0.4, -0.2) is 30.3 Å². The molecule has 2 fully saturated rings. The fraction of sp³-hybridized carbons (Fsp3) is 0.588. The van der Waals surface area contributed by atoms with Gasteiger partial charge in [0.1, 0.15) is 0 Å². The maximum atomic E-state index is 12.9. The number of Topliss-reactive ketones (excluding diaryl/α,β-unsaturated/α-hetero) is 1. The van der Waals surface area contributed by atoms with Gasteiger partial charge in [0.25, 0.3) is 0 Å². The van der Waals surface area contributed by atoms with Crippen molar-refractivity contribution < 1.29 is 4.79 Å². The quantitative estimate of drug-likeness (QED) is 0.845. The van der Waals surface area contributed by atoms with Crippen molar-refractivity contribution in [3.63, 3.8) is 0 Å². The second kappa shape index (κ2) is 6.73. The van der Waals surface area contributed by atoms with Gasteiger partial charge in [-0.15, -0.1) is 12.4 Å². The van der Waals surface area contributed by atoms with Gasteiger partial charge in [-0.05, 0) is 44.3 Å². The molecule has 1 saturated carbocycles. The van der Waals surface area contributed by atoms with Crippen LogP contribution in [0.25, 0.3) is 0 Å². The summed E-state index contributed by atoms with van der Waals surface area (Å²) in [5.41, 5.74) is 1.07. The molecule has 1 aliphatic carbocycles. The third-order valence-electron chi connectivity index (χ3n) is 4.88. The molecule has 3 rings (SSSR count). The van der Waals surface area contributed by atoms with Crippen molar-refractivity contribution in [3.05, 3.63) is 35.9 Å². The van der Waals surface area contributed by atoms with Crippen molar-refractivity contribution >= 4 is 18.2 Å². The summed E-state index contributed by atoms with van der Waals surface area (Å²) < 4.78 is 0. The van der Waals surface area contributed by atoms with E-state index in [9.17, 15) is 4.79 Å². The SMILES string of the molecule is Cl.O=C(CN1CCCC1)C1(c2ccccc2)CCCC1. The van der Waals surface area contributed by atoms with Crippen LogP contribution in [0.15, 0.2) is 30.3 Å². The van der Waals surface area contributed by atoms with Gasteiger partial charge < -0.3 is 0 Å². The van der Waals surface area contributed by atoms with Crippen LogP contribution in [-0.2, 0) is 10.2 Å². The number of hydrogen-bond donors (Lipinski definition) is 0. The van der Waals surface area contributed by atoms with Gasteiger partial charge in [0.2, 0.25) is 0 Å². The standard InChI is InChI=1S/C17H23NO.ClH/c19-16(14-18-12-6-7-13-18)17(10-4-5-11-17)15-8-2-1-3-9-15;/h1-3,8-9H,4-7,10-14H2;1H. The van der Waals surface area contributed by atoms with E-state index in [0.29, 0.717) is 12.3 Å². The minimum Gasteiger partial charge on any atom is -0.297 e. The molecule has 0 atom stereocenters. The first-order chi connectivity index (χ1) is 9.31. The van der Waals surface area contributed by atoms with Crippen LogP contribution in [0, 0.1) is 0 Å². The summed E-state index contributed by atoms with van der Waals surface area (Å²) in [6.45, 7) is 2.88. The minimum absolute atomic E-state index is 0. The van der Waals surface area contributed by atoms with Gasteiger partial charge in [-0.2, -0.15) is 0 Å². The zero-order valence-corrected chi connectivity index (χ0v) is 12.8. The number of carbonyl (C=O) groups is 1. The van der Waals surface area contributed by atoms with E-state index < -0.39 is 0 Å². The summed E-state index contributed by atoms with van der Waals surface area (Å²) in [4.78, 5) is 15.2. The second-order valence-electron chi connectivity index (χ2n) is 6.06. The Morgan fingerprint density at radius 3 is 2.20 bits per heavy atom. The van der Waals surface area contributed by atoms with Crippen molar-refractivity contribution in [2.45, 2.75) is 43.9 Å². The fourth-order valence-electron chi connectivity index (χ4n) is 3.76. The van der Waals surface area contributed by atoms with Crippen LogP contribution in [0.5, 0.6) is 0 Å². The molecule has 0 radical (unpaired) electrons. The van der Waals surface area contributed by atoms with E-state index in [1.807, 2.05) is 6.07 Å². The average molecular weight is 294 g/mol. The number of ketones is 1. The van der Waals surface area contributed by atoms with Gasteiger partial charge >= 0.3 is 0 Å². The highest BCUT2D eigenvalue weighted by atomic mass is 35.5. The molecule has 3 heteroatoms. The lowest BCUT2D eigenvalue weighted by atomic mass is 9.75. The van der Waals surface area contributed by atoms with Crippen molar-refractivity contribution in [2.24, 2.45) is 0 Å². The van der Waals surface area contributed by atoms with Crippen molar-refractivity contribution in [1.29, 1.82) is 0 Å². The molecule has 0 amide bonds. The minimum atomic E-state index is -0.177. The molecule has 2 nitrogen and oxygen atoms in total. The fourth-order valence-corrected chi connectivity index (χ4v) is 3.76. The maximum Gasteiger partial charge on any atom is 0.157 e. The summed E-state index contributed by atoms with van der Waals surface area (Å²) >= 11 is 0. The topological polar surface area (TPSA) is 20.3 Å². The zero-order chi connectivity index (χ0) is 13.1. The molecule has 0 bridgehead atoms. The molecule has 0 spiro atoms. The molecule has 110 valence electrons. The molecule has 1 heterocycles. The maximum absolute atomic E-state index is 12.9. The van der Waals surface area contributed by atoms with Crippen molar-refractivity contribution in [1.82, 2.24) is 4.90 Å². The molecule has 2 aliphatic rings. The van der Waals surface area contributed by atoms with Gasteiger partial charge in [0.15, 0.2) is 5.78 Å². The first-order valence-electron chi connectivity index (χ1n) is 7.62. The van der Waals surface area contributed by atoms with E-state index in [2.05, 4.69) is 29.2 Å². The Hall–Kier alpha value is -0.860. The van der Waals surface area contributed by atoms with Crippen LogP contribution in [0.3, 0.4) is 0 Å². The van der Waals surface area contributed by atoms with Gasteiger partial charge in [-0.25, -0.2) is 0 Å². The molecule has 1 aromatic carbocycles. The normalized spacial score (nSPS) is 21.6. The smallest absolute Gasteiger partial charge is 0.157 e. The van der Waals surface area contributed by atoms with E-state index in [0.717, 1.165) is 25.9 Å². The molecular weight excluding hydrogens is 270 g/mol. The van der Waals surface area contributed by atoms with E-state index >= 15 is 0 Å². The molecule has 20 heavy (non-hydrogen) atoms. The highest BCUT2D eigenvalue weighted by molar-refractivity contribution is 5.92. The molecule has 1 aromatic rings. The number of rotatable bonds is 4. The molecule has 0 aromatic heterocycles. The number of halogens is 1. The third-order valence-corrected chi connectivity index (χ3v) is 4.88. The number of hydrogen-bond acceptors (Lipinski definition) is 2. The van der Waals surface area contributed by atoms with Gasteiger partial charge in [0, 0.05) is 0 Å². The number of benzene rings is 1. The van der Waals surface area contributed by atoms with Crippen LogP contribution in [0.1, 0.15) is 44.1 Å². The number of likely N-dealkylation sites (tertiary alicyclic amines) is 1.